The number of hydrogen-bond donors (Lipinski definition) is 2. The molecule has 0 radical (unpaired) electrons. The van der Waals surface area contributed by atoms with Crippen LogP contribution in [0, 0.1) is 0 Å². The van der Waals surface area contributed by atoms with Gasteiger partial charge in [0.05, 0.1) is 0 Å². The second-order valence-corrected chi connectivity index (χ2v) is 4.25. The summed E-state index contributed by atoms with van der Waals surface area (Å²) in [6, 6.07) is 2.35. The highest BCUT2D eigenvalue weighted by atomic mass is 16.5. The quantitative estimate of drug-likeness (QED) is 0.384. The van der Waals surface area contributed by atoms with Crippen LogP contribution in [0.1, 0.15) is 31.9 Å². The first-order valence-electron chi connectivity index (χ1n) is 6.28. The van der Waals surface area contributed by atoms with Gasteiger partial charge in [0.1, 0.15) is 0 Å². The van der Waals surface area contributed by atoms with Crippen LogP contribution in [0.15, 0.2) is 12.3 Å². The Morgan fingerprint density at radius 2 is 2.29 bits per heavy atom. The van der Waals surface area contributed by atoms with Crippen molar-refractivity contribution in [3.8, 4) is 0 Å². The third-order valence-corrected chi connectivity index (χ3v) is 2.87. The van der Waals surface area contributed by atoms with Crippen molar-refractivity contribution in [2.24, 2.45) is 12.9 Å². The fourth-order valence-corrected chi connectivity index (χ4v) is 1.75. The summed E-state index contributed by atoms with van der Waals surface area (Å²) in [5.74, 6) is 5.54. The SMILES string of the molecule is CCCOCCC(CCc1ccnn1C)NN. The molecule has 1 aromatic heterocycles. The number of hydrazine groups is 1. The van der Waals surface area contributed by atoms with Gasteiger partial charge < -0.3 is 4.74 Å². The number of rotatable bonds is 9. The molecule has 98 valence electrons. The molecule has 5 nitrogen and oxygen atoms in total. The zero-order valence-electron chi connectivity index (χ0n) is 10.9. The van der Waals surface area contributed by atoms with Crippen LogP contribution in [0.3, 0.4) is 0 Å². The molecular weight excluding hydrogens is 216 g/mol. The molecule has 17 heavy (non-hydrogen) atoms. The van der Waals surface area contributed by atoms with Crippen molar-refractivity contribution < 1.29 is 4.74 Å². The Kier molecular flexibility index (Phi) is 6.84. The van der Waals surface area contributed by atoms with E-state index in [-0.39, 0.29) is 0 Å². The van der Waals surface area contributed by atoms with E-state index in [4.69, 9.17) is 10.6 Å². The van der Waals surface area contributed by atoms with Gasteiger partial charge in [-0.15, -0.1) is 0 Å². The monoisotopic (exact) mass is 240 g/mol. The Hall–Kier alpha value is -0.910. The van der Waals surface area contributed by atoms with Crippen molar-refractivity contribution in [1.82, 2.24) is 15.2 Å². The average molecular weight is 240 g/mol. The van der Waals surface area contributed by atoms with Crippen LogP contribution in [-0.2, 0) is 18.2 Å². The van der Waals surface area contributed by atoms with Crippen LogP contribution >= 0.6 is 0 Å². The van der Waals surface area contributed by atoms with E-state index in [9.17, 15) is 0 Å². The number of aryl methyl sites for hydroxylation is 2. The maximum Gasteiger partial charge on any atom is 0.0492 e. The van der Waals surface area contributed by atoms with Gasteiger partial charge in [-0.25, -0.2) is 0 Å². The van der Waals surface area contributed by atoms with Crippen LogP contribution in [-0.4, -0.2) is 29.0 Å². The third kappa shape index (κ3) is 5.30. The standard InChI is InChI=1S/C12H24N4O/c1-3-9-17-10-7-11(15-13)4-5-12-6-8-14-16(12)2/h6,8,11,15H,3-5,7,9-10,13H2,1-2H3. The van der Waals surface area contributed by atoms with E-state index < -0.39 is 0 Å². The number of nitrogens with zero attached hydrogens (tertiary/aromatic N) is 2. The van der Waals surface area contributed by atoms with Crippen LogP contribution in [0.5, 0.6) is 0 Å². The minimum atomic E-state index is 0.307. The molecule has 0 aliphatic heterocycles. The van der Waals surface area contributed by atoms with E-state index in [1.165, 1.54) is 5.69 Å². The first-order valence-corrected chi connectivity index (χ1v) is 6.28. The zero-order chi connectivity index (χ0) is 12.5. The van der Waals surface area contributed by atoms with Crippen molar-refractivity contribution in [3.63, 3.8) is 0 Å². The number of hydrogen-bond acceptors (Lipinski definition) is 4. The minimum Gasteiger partial charge on any atom is -0.381 e. The molecule has 0 saturated carbocycles. The molecular formula is C12H24N4O. The molecule has 0 spiro atoms. The summed E-state index contributed by atoms with van der Waals surface area (Å²) in [4.78, 5) is 0. The van der Waals surface area contributed by atoms with Crippen molar-refractivity contribution >= 4 is 0 Å². The Labute approximate surface area is 103 Å². The first-order chi connectivity index (χ1) is 8.27. The highest BCUT2D eigenvalue weighted by molar-refractivity contribution is 5.00. The van der Waals surface area contributed by atoms with E-state index in [1.807, 2.05) is 24.0 Å². The average Bonchev–Trinajstić information content (AvgIpc) is 2.74. The summed E-state index contributed by atoms with van der Waals surface area (Å²) in [5, 5.41) is 4.15. The summed E-state index contributed by atoms with van der Waals surface area (Å²) < 4.78 is 7.37. The summed E-state index contributed by atoms with van der Waals surface area (Å²) in [7, 11) is 1.96. The lowest BCUT2D eigenvalue weighted by Crippen LogP contribution is -2.36. The van der Waals surface area contributed by atoms with Gasteiger partial charge in [0.2, 0.25) is 0 Å². The van der Waals surface area contributed by atoms with Crippen molar-refractivity contribution in [1.29, 1.82) is 0 Å². The fraction of sp³-hybridized carbons (Fsp3) is 0.750. The molecule has 0 saturated heterocycles. The second-order valence-electron chi connectivity index (χ2n) is 4.25. The van der Waals surface area contributed by atoms with E-state index >= 15 is 0 Å². The van der Waals surface area contributed by atoms with Gasteiger partial charge in [-0.05, 0) is 31.7 Å². The van der Waals surface area contributed by atoms with Gasteiger partial charge in [0, 0.05) is 38.2 Å². The topological polar surface area (TPSA) is 65.1 Å². The Balaban J connectivity index is 2.20. The summed E-state index contributed by atoms with van der Waals surface area (Å²) in [5.41, 5.74) is 4.09. The smallest absolute Gasteiger partial charge is 0.0492 e. The molecule has 1 aromatic rings. The number of ether oxygens (including phenoxy) is 1. The molecule has 1 heterocycles. The van der Waals surface area contributed by atoms with Gasteiger partial charge in [-0.3, -0.25) is 16.0 Å². The highest BCUT2D eigenvalue weighted by Crippen LogP contribution is 2.06. The Morgan fingerprint density at radius 1 is 1.47 bits per heavy atom. The van der Waals surface area contributed by atoms with Crippen LogP contribution in [0.2, 0.25) is 0 Å². The van der Waals surface area contributed by atoms with E-state index in [0.29, 0.717) is 6.04 Å². The molecule has 0 aliphatic rings. The number of nitrogens with two attached hydrogens (primary N) is 1. The minimum absolute atomic E-state index is 0.307. The molecule has 0 aliphatic carbocycles. The summed E-state index contributed by atoms with van der Waals surface area (Å²) in [6.07, 6.45) is 5.83. The maximum absolute atomic E-state index is 5.54. The fourth-order valence-electron chi connectivity index (χ4n) is 1.75. The molecule has 3 N–H and O–H groups in total. The van der Waals surface area contributed by atoms with Gasteiger partial charge >= 0.3 is 0 Å². The lowest BCUT2D eigenvalue weighted by atomic mass is 10.1. The normalized spacial score (nSPS) is 12.9. The van der Waals surface area contributed by atoms with Gasteiger partial charge in [-0.2, -0.15) is 5.10 Å². The molecule has 0 fully saturated rings. The van der Waals surface area contributed by atoms with E-state index in [2.05, 4.69) is 17.4 Å². The van der Waals surface area contributed by atoms with Gasteiger partial charge in [0.15, 0.2) is 0 Å². The lowest BCUT2D eigenvalue weighted by Gasteiger charge is -2.15. The van der Waals surface area contributed by atoms with Crippen LogP contribution < -0.4 is 11.3 Å². The summed E-state index contributed by atoms with van der Waals surface area (Å²) >= 11 is 0. The lowest BCUT2D eigenvalue weighted by molar-refractivity contribution is 0.123. The zero-order valence-corrected chi connectivity index (χ0v) is 10.9. The first kappa shape index (κ1) is 14.2. The van der Waals surface area contributed by atoms with Gasteiger partial charge in [-0.1, -0.05) is 6.92 Å². The van der Waals surface area contributed by atoms with E-state index in [1.54, 1.807) is 0 Å². The van der Waals surface area contributed by atoms with E-state index in [0.717, 1.165) is 38.9 Å². The van der Waals surface area contributed by atoms with Crippen LogP contribution in [0.4, 0.5) is 0 Å². The number of nitrogens with one attached hydrogen (secondary N) is 1. The predicted octanol–water partition coefficient (Wildman–Crippen LogP) is 1.00. The van der Waals surface area contributed by atoms with Crippen molar-refractivity contribution in [2.75, 3.05) is 13.2 Å². The molecule has 1 atom stereocenters. The predicted molar refractivity (Wildman–Crippen MR) is 68.4 cm³/mol. The largest absolute Gasteiger partial charge is 0.381 e. The van der Waals surface area contributed by atoms with Crippen molar-refractivity contribution in [3.05, 3.63) is 18.0 Å². The Bertz CT molecular complexity index is 300. The maximum atomic E-state index is 5.54. The van der Waals surface area contributed by atoms with Crippen molar-refractivity contribution in [2.45, 2.75) is 38.6 Å². The number of aromatic nitrogens is 2. The summed E-state index contributed by atoms with van der Waals surface area (Å²) in [6.45, 7) is 3.72. The highest BCUT2D eigenvalue weighted by Gasteiger charge is 2.08. The Morgan fingerprint density at radius 3 is 2.88 bits per heavy atom. The molecule has 5 heteroatoms. The molecule has 0 amide bonds. The second kappa shape index (κ2) is 8.22. The van der Waals surface area contributed by atoms with Crippen LogP contribution in [0.25, 0.3) is 0 Å². The van der Waals surface area contributed by atoms with Gasteiger partial charge in [0.25, 0.3) is 0 Å². The third-order valence-electron chi connectivity index (χ3n) is 2.87. The molecule has 1 rings (SSSR count). The molecule has 0 bridgehead atoms. The molecule has 1 unspecified atom stereocenters. The molecule has 0 aromatic carbocycles.